The number of ether oxygens (including phenoxy) is 1. The van der Waals surface area contributed by atoms with Crippen LogP contribution in [0.25, 0.3) is 0 Å². The number of hydrogen-bond donors (Lipinski definition) is 1. The quantitative estimate of drug-likeness (QED) is 0.539. The van der Waals surface area contributed by atoms with Gasteiger partial charge in [0.15, 0.2) is 0 Å². The van der Waals surface area contributed by atoms with Crippen molar-refractivity contribution >= 4 is 11.6 Å². The van der Waals surface area contributed by atoms with Crippen LogP contribution < -0.4 is 0 Å². The Hall–Kier alpha value is -0.230. The number of rotatable bonds is 3. The average Bonchev–Trinajstić information content (AvgIpc) is 2.04. The highest BCUT2D eigenvalue weighted by Crippen LogP contribution is 2.04. The third-order valence-electron chi connectivity index (χ3n) is 1.42. The number of hydrogen-bond acceptors (Lipinski definition) is 2. The Morgan fingerprint density at radius 2 is 2.17 bits per heavy atom. The van der Waals surface area contributed by atoms with Crippen molar-refractivity contribution in [3.8, 4) is 11.8 Å². The monoisotopic (exact) mass is 190 g/mol. The molecule has 1 atom stereocenters. The highest BCUT2D eigenvalue weighted by molar-refractivity contribution is 6.18. The fourth-order valence-corrected chi connectivity index (χ4v) is 0.596. The lowest BCUT2D eigenvalue weighted by Gasteiger charge is -2.14. The molecule has 0 rings (SSSR count). The zero-order valence-corrected chi connectivity index (χ0v) is 8.48. The molecule has 0 saturated heterocycles. The van der Waals surface area contributed by atoms with Crippen molar-refractivity contribution in [2.75, 3.05) is 13.0 Å². The van der Waals surface area contributed by atoms with Crippen LogP contribution in [0.4, 0.5) is 0 Å². The number of alkyl halides is 1. The SMILES string of the molecule is COC(C)(C)C#CCC(O)CCl. The third kappa shape index (κ3) is 5.42. The van der Waals surface area contributed by atoms with E-state index in [1.165, 1.54) is 0 Å². The van der Waals surface area contributed by atoms with Crippen LogP contribution in [-0.2, 0) is 4.74 Å². The molecule has 0 aromatic carbocycles. The van der Waals surface area contributed by atoms with E-state index in [0.29, 0.717) is 6.42 Å². The van der Waals surface area contributed by atoms with Gasteiger partial charge < -0.3 is 9.84 Å². The minimum Gasteiger partial charge on any atom is -0.391 e. The van der Waals surface area contributed by atoms with Gasteiger partial charge in [0.05, 0.1) is 6.10 Å². The molecule has 0 aromatic rings. The molecule has 1 unspecified atom stereocenters. The van der Waals surface area contributed by atoms with Crippen LogP contribution in [0.2, 0.25) is 0 Å². The summed E-state index contributed by atoms with van der Waals surface area (Å²) < 4.78 is 5.06. The highest BCUT2D eigenvalue weighted by Gasteiger charge is 2.10. The molecule has 0 aliphatic heterocycles. The van der Waals surface area contributed by atoms with E-state index in [0.717, 1.165) is 0 Å². The topological polar surface area (TPSA) is 29.5 Å². The van der Waals surface area contributed by atoms with E-state index in [4.69, 9.17) is 21.4 Å². The number of aliphatic hydroxyl groups excluding tert-OH is 1. The van der Waals surface area contributed by atoms with E-state index in [2.05, 4.69) is 11.8 Å². The Bertz CT molecular complexity index is 179. The van der Waals surface area contributed by atoms with Gasteiger partial charge in [-0.25, -0.2) is 0 Å². The summed E-state index contributed by atoms with van der Waals surface area (Å²) >= 11 is 5.39. The first kappa shape index (κ1) is 11.8. The van der Waals surface area contributed by atoms with Gasteiger partial charge in [0, 0.05) is 19.4 Å². The van der Waals surface area contributed by atoms with Crippen LogP contribution in [0.5, 0.6) is 0 Å². The maximum Gasteiger partial charge on any atom is 0.122 e. The number of halogens is 1. The first-order valence-electron chi connectivity index (χ1n) is 3.81. The van der Waals surface area contributed by atoms with Crippen LogP contribution in [0.1, 0.15) is 20.3 Å². The molecule has 70 valence electrons. The lowest BCUT2D eigenvalue weighted by molar-refractivity contribution is 0.0740. The normalized spacial score (nSPS) is 13.4. The molecule has 0 saturated carbocycles. The molecule has 0 amide bonds. The van der Waals surface area contributed by atoms with Crippen LogP contribution in [-0.4, -0.2) is 29.8 Å². The van der Waals surface area contributed by atoms with Crippen LogP contribution in [0.3, 0.4) is 0 Å². The Morgan fingerprint density at radius 1 is 1.58 bits per heavy atom. The number of aliphatic hydroxyl groups is 1. The van der Waals surface area contributed by atoms with Crippen LogP contribution >= 0.6 is 11.6 Å². The maximum atomic E-state index is 9.05. The maximum absolute atomic E-state index is 9.05. The molecule has 0 radical (unpaired) electrons. The van der Waals surface area contributed by atoms with E-state index >= 15 is 0 Å². The Balaban J connectivity index is 3.87. The smallest absolute Gasteiger partial charge is 0.122 e. The molecule has 1 N–H and O–H groups in total. The van der Waals surface area contributed by atoms with E-state index in [-0.39, 0.29) is 5.88 Å². The van der Waals surface area contributed by atoms with Gasteiger partial charge in [-0.15, -0.1) is 11.6 Å². The largest absolute Gasteiger partial charge is 0.391 e. The minimum atomic E-state index is -0.535. The fourth-order valence-electron chi connectivity index (χ4n) is 0.487. The molecule has 3 heteroatoms. The first-order valence-corrected chi connectivity index (χ1v) is 4.34. The van der Waals surface area contributed by atoms with E-state index in [1.54, 1.807) is 7.11 Å². The lowest BCUT2D eigenvalue weighted by Crippen LogP contribution is -2.19. The standard InChI is InChI=1S/C9H15ClO2/c1-9(2,12-3)6-4-5-8(11)7-10/h8,11H,5,7H2,1-3H3. The summed E-state index contributed by atoms with van der Waals surface area (Å²) in [6.07, 6.45) is -0.136. The molecule has 0 fully saturated rings. The van der Waals surface area contributed by atoms with Gasteiger partial charge in [0.25, 0.3) is 0 Å². The Labute approximate surface area is 78.9 Å². The van der Waals surface area contributed by atoms with E-state index in [9.17, 15) is 0 Å². The summed E-state index contributed by atoms with van der Waals surface area (Å²) in [6.45, 7) is 3.74. The summed E-state index contributed by atoms with van der Waals surface area (Å²) in [4.78, 5) is 0. The second kappa shape index (κ2) is 5.42. The van der Waals surface area contributed by atoms with Crippen molar-refractivity contribution in [3.05, 3.63) is 0 Å². The lowest BCUT2D eigenvalue weighted by atomic mass is 10.1. The van der Waals surface area contributed by atoms with Gasteiger partial charge in [-0.05, 0) is 13.8 Å². The van der Waals surface area contributed by atoms with Gasteiger partial charge in [-0.3, -0.25) is 0 Å². The molecular formula is C9H15ClO2. The van der Waals surface area contributed by atoms with Crippen molar-refractivity contribution in [1.82, 2.24) is 0 Å². The molecule has 0 aromatic heterocycles. The van der Waals surface area contributed by atoms with Crippen molar-refractivity contribution in [2.24, 2.45) is 0 Å². The van der Waals surface area contributed by atoms with Crippen LogP contribution in [0, 0.1) is 11.8 Å². The molecule has 0 bridgehead atoms. The van der Waals surface area contributed by atoms with Gasteiger partial charge >= 0.3 is 0 Å². The summed E-state index contributed by atoms with van der Waals surface area (Å²) in [5.41, 5.74) is -0.438. The van der Waals surface area contributed by atoms with Crippen molar-refractivity contribution in [3.63, 3.8) is 0 Å². The van der Waals surface area contributed by atoms with E-state index < -0.39 is 11.7 Å². The zero-order valence-electron chi connectivity index (χ0n) is 7.72. The third-order valence-corrected chi connectivity index (χ3v) is 1.77. The van der Waals surface area contributed by atoms with Gasteiger partial charge in [0.1, 0.15) is 5.60 Å². The van der Waals surface area contributed by atoms with Crippen LogP contribution in [0.15, 0.2) is 0 Å². The summed E-state index contributed by atoms with van der Waals surface area (Å²) in [5.74, 6) is 5.93. The molecular weight excluding hydrogens is 176 g/mol. The predicted molar refractivity (Wildman–Crippen MR) is 50.2 cm³/mol. The summed E-state index contributed by atoms with van der Waals surface area (Å²) in [7, 11) is 1.60. The minimum absolute atomic E-state index is 0.224. The summed E-state index contributed by atoms with van der Waals surface area (Å²) in [5, 5.41) is 9.05. The van der Waals surface area contributed by atoms with Gasteiger partial charge in [-0.1, -0.05) is 11.8 Å². The van der Waals surface area contributed by atoms with Gasteiger partial charge in [0.2, 0.25) is 0 Å². The number of methoxy groups -OCH3 is 1. The van der Waals surface area contributed by atoms with Gasteiger partial charge in [-0.2, -0.15) is 0 Å². The first-order chi connectivity index (χ1) is 5.52. The Morgan fingerprint density at radius 3 is 2.58 bits per heavy atom. The molecule has 2 nitrogen and oxygen atoms in total. The molecule has 0 aliphatic carbocycles. The Kier molecular flexibility index (Phi) is 5.32. The average molecular weight is 191 g/mol. The highest BCUT2D eigenvalue weighted by atomic mass is 35.5. The van der Waals surface area contributed by atoms with Crippen molar-refractivity contribution in [2.45, 2.75) is 32.0 Å². The zero-order chi connectivity index (χ0) is 9.61. The molecule has 0 aliphatic rings. The fraction of sp³-hybridized carbons (Fsp3) is 0.778. The van der Waals surface area contributed by atoms with Crippen molar-refractivity contribution in [1.29, 1.82) is 0 Å². The molecule has 0 heterocycles. The van der Waals surface area contributed by atoms with Crippen molar-refractivity contribution < 1.29 is 9.84 Å². The molecule has 12 heavy (non-hydrogen) atoms. The van der Waals surface area contributed by atoms with E-state index in [1.807, 2.05) is 13.8 Å². The molecule has 0 spiro atoms. The second-order valence-corrected chi connectivity index (χ2v) is 3.34. The summed E-state index contributed by atoms with van der Waals surface area (Å²) in [6, 6.07) is 0. The second-order valence-electron chi connectivity index (χ2n) is 3.03. The predicted octanol–water partition coefficient (Wildman–Crippen LogP) is 1.40.